The zero-order valence-corrected chi connectivity index (χ0v) is 8.99. The third-order valence-electron chi connectivity index (χ3n) is 2.02. The second-order valence-electron chi connectivity index (χ2n) is 3.42. The summed E-state index contributed by atoms with van der Waals surface area (Å²) in [7, 11) is 0. The van der Waals surface area contributed by atoms with Crippen molar-refractivity contribution in [1.29, 1.82) is 0 Å². The van der Waals surface area contributed by atoms with E-state index in [1.54, 1.807) is 13.1 Å². The molecule has 0 aliphatic carbocycles. The zero-order valence-electron chi connectivity index (χ0n) is 8.99. The Labute approximate surface area is 88.7 Å². The summed E-state index contributed by atoms with van der Waals surface area (Å²) in [5.41, 5.74) is 0.842. The number of hydrogen-bond donors (Lipinski definition) is 1. The first-order chi connectivity index (χ1) is 7.15. The molecule has 0 aromatic carbocycles. The van der Waals surface area contributed by atoms with Crippen LogP contribution in [0.2, 0.25) is 0 Å². The van der Waals surface area contributed by atoms with E-state index >= 15 is 0 Å². The molecule has 5 nitrogen and oxygen atoms in total. The van der Waals surface area contributed by atoms with Crippen molar-refractivity contribution in [1.82, 2.24) is 4.98 Å². The minimum Gasteiger partial charge on any atom is -0.364 e. The van der Waals surface area contributed by atoms with E-state index in [4.69, 9.17) is 0 Å². The van der Waals surface area contributed by atoms with Crippen LogP contribution >= 0.6 is 0 Å². The van der Waals surface area contributed by atoms with Gasteiger partial charge in [-0.15, -0.1) is 0 Å². The predicted octanol–water partition coefficient (Wildman–Crippen LogP) is 2.51. The number of hydrogen-bond acceptors (Lipinski definition) is 4. The first kappa shape index (κ1) is 11.4. The molecule has 0 bridgehead atoms. The monoisotopic (exact) mass is 209 g/mol. The van der Waals surface area contributed by atoms with Crippen LogP contribution in [0.15, 0.2) is 12.3 Å². The fraction of sp³-hybridized carbons (Fsp3) is 0.500. The summed E-state index contributed by atoms with van der Waals surface area (Å²) in [4.78, 5) is 14.3. The minimum absolute atomic E-state index is 0.0473. The highest BCUT2D eigenvalue weighted by atomic mass is 16.6. The van der Waals surface area contributed by atoms with Gasteiger partial charge in [0.05, 0.1) is 4.92 Å². The average molecular weight is 209 g/mol. The average Bonchev–Trinajstić information content (AvgIpc) is 2.20. The van der Waals surface area contributed by atoms with Crippen LogP contribution in [0.3, 0.4) is 0 Å². The second kappa shape index (κ2) is 5.29. The maximum absolute atomic E-state index is 10.7. The van der Waals surface area contributed by atoms with Gasteiger partial charge in [-0.2, -0.15) is 0 Å². The molecule has 82 valence electrons. The summed E-state index contributed by atoms with van der Waals surface area (Å²) in [5.74, 6) is 0.360. The highest BCUT2D eigenvalue weighted by Gasteiger charge is 2.14. The van der Waals surface area contributed by atoms with E-state index in [-0.39, 0.29) is 5.69 Å². The van der Waals surface area contributed by atoms with Gasteiger partial charge < -0.3 is 5.32 Å². The molecule has 0 atom stereocenters. The van der Waals surface area contributed by atoms with E-state index in [2.05, 4.69) is 17.2 Å². The summed E-state index contributed by atoms with van der Waals surface area (Å²) in [6.07, 6.45) is 3.65. The van der Waals surface area contributed by atoms with Crippen molar-refractivity contribution < 1.29 is 4.92 Å². The lowest BCUT2D eigenvalue weighted by Crippen LogP contribution is -2.06. The molecule has 0 fully saturated rings. The van der Waals surface area contributed by atoms with E-state index in [0.29, 0.717) is 12.4 Å². The third kappa shape index (κ3) is 3.19. The van der Waals surface area contributed by atoms with Gasteiger partial charge in [-0.05, 0) is 18.9 Å². The fourth-order valence-corrected chi connectivity index (χ4v) is 1.21. The number of nitrogens with one attached hydrogen (secondary N) is 1. The Morgan fingerprint density at radius 1 is 1.60 bits per heavy atom. The van der Waals surface area contributed by atoms with Gasteiger partial charge in [-0.3, -0.25) is 10.1 Å². The van der Waals surface area contributed by atoms with E-state index in [1.165, 1.54) is 6.07 Å². The molecule has 0 amide bonds. The van der Waals surface area contributed by atoms with Crippen LogP contribution in [0.25, 0.3) is 0 Å². The Morgan fingerprint density at radius 3 is 2.93 bits per heavy atom. The van der Waals surface area contributed by atoms with Gasteiger partial charge in [0.25, 0.3) is 0 Å². The van der Waals surface area contributed by atoms with Crippen molar-refractivity contribution in [2.75, 3.05) is 11.9 Å². The summed E-state index contributed by atoms with van der Waals surface area (Å²) >= 11 is 0. The van der Waals surface area contributed by atoms with E-state index in [1.807, 2.05) is 0 Å². The van der Waals surface area contributed by atoms with Crippen LogP contribution in [-0.2, 0) is 0 Å². The van der Waals surface area contributed by atoms with Gasteiger partial charge in [0.1, 0.15) is 0 Å². The minimum atomic E-state index is -0.408. The number of pyridine rings is 1. The molecule has 0 aliphatic heterocycles. The lowest BCUT2D eigenvalue weighted by molar-refractivity contribution is -0.384. The number of unbranched alkanes of at least 4 members (excludes halogenated alkanes) is 1. The highest BCUT2D eigenvalue weighted by molar-refractivity contribution is 5.56. The van der Waals surface area contributed by atoms with Crippen LogP contribution in [-0.4, -0.2) is 16.5 Å². The van der Waals surface area contributed by atoms with Crippen LogP contribution in [0.1, 0.15) is 25.3 Å². The molecule has 1 aromatic heterocycles. The first-order valence-electron chi connectivity index (χ1n) is 5.00. The van der Waals surface area contributed by atoms with Gasteiger partial charge in [-0.25, -0.2) is 4.98 Å². The summed E-state index contributed by atoms with van der Waals surface area (Å²) in [6, 6.07) is 1.53. The number of aryl methyl sites for hydroxylation is 1. The zero-order chi connectivity index (χ0) is 11.3. The fourth-order valence-electron chi connectivity index (χ4n) is 1.21. The Bertz CT molecular complexity index is 353. The molecule has 1 N–H and O–H groups in total. The molecule has 1 heterocycles. The lowest BCUT2D eigenvalue weighted by Gasteiger charge is -2.05. The largest absolute Gasteiger partial charge is 0.364 e. The first-order valence-corrected chi connectivity index (χ1v) is 5.00. The Hall–Kier alpha value is -1.65. The van der Waals surface area contributed by atoms with Crippen LogP contribution < -0.4 is 5.32 Å². The number of aromatic nitrogens is 1. The maximum atomic E-state index is 10.7. The number of nitrogens with zero attached hydrogens (tertiary/aromatic N) is 2. The van der Waals surface area contributed by atoms with Gasteiger partial charge in [-0.1, -0.05) is 13.3 Å². The van der Waals surface area contributed by atoms with Crippen molar-refractivity contribution >= 4 is 11.5 Å². The van der Waals surface area contributed by atoms with Crippen LogP contribution in [0.4, 0.5) is 11.5 Å². The Morgan fingerprint density at radius 2 is 2.33 bits per heavy atom. The molecular weight excluding hydrogens is 194 g/mol. The summed E-state index contributed by atoms with van der Waals surface area (Å²) in [6.45, 7) is 4.57. The molecule has 0 radical (unpaired) electrons. The molecule has 15 heavy (non-hydrogen) atoms. The van der Waals surface area contributed by atoms with E-state index in [9.17, 15) is 10.1 Å². The molecular formula is C10H15N3O2. The SMILES string of the molecule is CCCCNc1ncc(C)cc1[N+](=O)[O-]. The number of anilines is 1. The quantitative estimate of drug-likeness (QED) is 0.459. The highest BCUT2D eigenvalue weighted by Crippen LogP contribution is 2.22. The lowest BCUT2D eigenvalue weighted by atomic mass is 10.2. The topological polar surface area (TPSA) is 68.1 Å². The van der Waals surface area contributed by atoms with Crippen LogP contribution in [0, 0.1) is 17.0 Å². The predicted molar refractivity (Wildman–Crippen MR) is 59.0 cm³/mol. The van der Waals surface area contributed by atoms with Crippen molar-refractivity contribution in [2.24, 2.45) is 0 Å². The molecule has 5 heteroatoms. The standard InChI is InChI=1S/C10H15N3O2/c1-3-4-5-11-10-9(13(14)15)6-8(2)7-12-10/h6-7H,3-5H2,1-2H3,(H,11,12). The van der Waals surface area contributed by atoms with Gasteiger partial charge in [0.15, 0.2) is 0 Å². The molecule has 1 rings (SSSR count). The summed E-state index contributed by atoms with van der Waals surface area (Å²) < 4.78 is 0. The smallest absolute Gasteiger partial charge is 0.311 e. The van der Waals surface area contributed by atoms with Gasteiger partial charge in [0, 0.05) is 18.8 Å². The molecule has 1 aromatic rings. The van der Waals surface area contributed by atoms with Crippen LogP contribution in [0.5, 0.6) is 0 Å². The maximum Gasteiger partial charge on any atom is 0.311 e. The van der Waals surface area contributed by atoms with Crippen molar-refractivity contribution in [3.05, 3.63) is 27.9 Å². The van der Waals surface area contributed by atoms with Gasteiger partial charge >= 0.3 is 5.69 Å². The molecule has 0 unspecified atom stereocenters. The number of rotatable bonds is 5. The van der Waals surface area contributed by atoms with Crippen molar-refractivity contribution in [3.8, 4) is 0 Å². The normalized spacial score (nSPS) is 10.0. The Balaban J connectivity index is 2.81. The van der Waals surface area contributed by atoms with E-state index < -0.39 is 4.92 Å². The van der Waals surface area contributed by atoms with E-state index in [0.717, 1.165) is 18.4 Å². The third-order valence-corrected chi connectivity index (χ3v) is 2.02. The van der Waals surface area contributed by atoms with Gasteiger partial charge in [0.2, 0.25) is 5.82 Å². The molecule has 0 aliphatic rings. The van der Waals surface area contributed by atoms with Crippen molar-refractivity contribution in [3.63, 3.8) is 0 Å². The molecule has 0 saturated carbocycles. The van der Waals surface area contributed by atoms with Crippen molar-refractivity contribution in [2.45, 2.75) is 26.7 Å². The second-order valence-corrected chi connectivity index (χ2v) is 3.42. The number of nitro groups is 1. The molecule has 0 spiro atoms. The summed E-state index contributed by atoms with van der Waals surface area (Å²) in [5, 5.41) is 13.7. The Kier molecular flexibility index (Phi) is 4.03. The molecule has 0 saturated heterocycles.